The molecular weight excluding hydrogens is 745 g/mol. The third kappa shape index (κ3) is 7.83. The highest BCUT2D eigenvalue weighted by Crippen LogP contribution is 2.36. The number of benzene rings is 3. The van der Waals surface area contributed by atoms with Gasteiger partial charge in [-0.25, -0.2) is 19.6 Å². The van der Waals surface area contributed by atoms with Crippen molar-refractivity contribution >= 4 is 46.1 Å². The number of aromatic nitrogens is 4. The number of thiophene rings is 1. The minimum absolute atomic E-state index is 0.124. The SMILES string of the molecule is COC(=O)NCC(=O)N1CCC[C@H]1c1ncc(-c2ccc3cc(-c4ccc(-c5cnc([C@@H]6CCCN6C(=O)[C@H](NC(=O)OC)c6cccs6)[nH]5)cc4)ccc3c2)[nH]1. The van der Waals surface area contributed by atoms with Crippen LogP contribution in [-0.4, -0.2) is 87.6 Å². The van der Waals surface area contributed by atoms with Crippen LogP contribution in [0.25, 0.3) is 44.4 Å². The number of hydrogen-bond donors (Lipinski definition) is 4. The zero-order chi connectivity index (χ0) is 39.5. The first-order chi connectivity index (χ1) is 27.8. The van der Waals surface area contributed by atoms with Gasteiger partial charge in [0, 0.05) is 23.5 Å². The lowest BCUT2D eigenvalue weighted by Crippen LogP contribution is -2.42. The van der Waals surface area contributed by atoms with Crippen LogP contribution in [0.1, 0.15) is 60.3 Å². The van der Waals surface area contributed by atoms with E-state index in [0.29, 0.717) is 18.9 Å². The van der Waals surface area contributed by atoms with Gasteiger partial charge in [-0.05, 0) is 76.7 Å². The van der Waals surface area contributed by atoms with Gasteiger partial charge in [0.25, 0.3) is 5.91 Å². The molecule has 0 unspecified atom stereocenters. The van der Waals surface area contributed by atoms with Crippen LogP contribution in [0.3, 0.4) is 0 Å². The van der Waals surface area contributed by atoms with Gasteiger partial charge < -0.3 is 39.9 Å². The Balaban J connectivity index is 0.936. The summed E-state index contributed by atoms with van der Waals surface area (Å²) in [5, 5.41) is 9.24. The molecule has 5 heterocycles. The molecule has 4 amide bonds. The quantitative estimate of drug-likeness (QED) is 0.114. The maximum atomic E-state index is 13.8. The Kier molecular flexibility index (Phi) is 10.7. The highest BCUT2D eigenvalue weighted by molar-refractivity contribution is 7.10. The first-order valence-electron chi connectivity index (χ1n) is 18.8. The number of alkyl carbamates (subject to hydrolysis) is 2. The number of fused-ring (bicyclic) bond motifs is 1. The van der Waals surface area contributed by atoms with E-state index in [4.69, 9.17) is 9.72 Å². The number of nitrogens with zero attached hydrogens (tertiary/aromatic N) is 4. The first-order valence-corrected chi connectivity index (χ1v) is 19.7. The van der Waals surface area contributed by atoms with E-state index in [1.54, 1.807) is 22.2 Å². The van der Waals surface area contributed by atoms with Gasteiger partial charge in [0.15, 0.2) is 0 Å². The van der Waals surface area contributed by atoms with Gasteiger partial charge in [-0.1, -0.05) is 54.6 Å². The second-order valence-electron chi connectivity index (χ2n) is 14.1. The van der Waals surface area contributed by atoms with Gasteiger partial charge in [-0.2, -0.15) is 0 Å². The van der Waals surface area contributed by atoms with E-state index in [-0.39, 0.29) is 30.4 Å². The number of likely N-dealkylation sites (tertiary alicyclic amines) is 2. The summed E-state index contributed by atoms with van der Waals surface area (Å²) in [5.74, 6) is 1.07. The second kappa shape index (κ2) is 16.3. The van der Waals surface area contributed by atoms with Gasteiger partial charge >= 0.3 is 12.2 Å². The fourth-order valence-electron chi connectivity index (χ4n) is 7.78. The number of ether oxygens (including phenoxy) is 2. The summed E-state index contributed by atoms with van der Waals surface area (Å²) < 4.78 is 9.40. The molecular formula is C42H42N8O6S. The van der Waals surface area contributed by atoms with Crippen molar-refractivity contribution in [2.75, 3.05) is 33.9 Å². The lowest BCUT2D eigenvalue weighted by Gasteiger charge is -2.27. The van der Waals surface area contributed by atoms with Crippen LogP contribution in [0, 0.1) is 0 Å². The largest absolute Gasteiger partial charge is 0.453 e. The van der Waals surface area contributed by atoms with Crippen molar-refractivity contribution in [3.8, 4) is 33.6 Å². The average Bonchev–Trinajstić information content (AvgIpc) is 4.10. The number of carbonyl (C=O) groups is 4. The number of imidazole rings is 2. The average molecular weight is 787 g/mol. The number of amides is 4. The van der Waals surface area contributed by atoms with E-state index >= 15 is 0 Å². The lowest BCUT2D eigenvalue weighted by molar-refractivity contribution is -0.134. The third-order valence-electron chi connectivity index (χ3n) is 10.7. The summed E-state index contributed by atoms with van der Waals surface area (Å²) in [6, 6.07) is 23.5. The molecule has 15 heteroatoms. The van der Waals surface area contributed by atoms with Gasteiger partial charge in [0.1, 0.15) is 24.2 Å². The molecule has 3 aromatic heterocycles. The second-order valence-corrected chi connectivity index (χ2v) is 15.1. The minimum Gasteiger partial charge on any atom is -0.453 e. The number of hydrogen-bond acceptors (Lipinski definition) is 9. The van der Waals surface area contributed by atoms with E-state index in [9.17, 15) is 19.2 Å². The zero-order valence-corrected chi connectivity index (χ0v) is 32.3. The topological polar surface area (TPSA) is 175 Å². The molecule has 8 rings (SSSR count). The predicted octanol–water partition coefficient (Wildman–Crippen LogP) is 7.13. The molecule has 2 aliphatic heterocycles. The number of methoxy groups -OCH3 is 2. The van der Waals surface area contributed by atoms with Crippen molar-refractivity contribution in [1.29, 1.82) is 0 Å². The van der Waals surface area contributed by atoms with Crippen molar-refractivity contribution < 1.29 is 28.7 Å². The third-order valence-corrected chi connectivity index (χ3v) is 11.6. The summed E-state index contributed by atoms with van der Waals surface area (Å²) in [6.45, 7) is 1.05. The molecule has 0 bridgehead atoms. The molecule has 3 atom stereocenters. The zero-order valence-electron chi connectivity index (χ0n) is 31.5. The molecule has 0 aliphatic carbocycles. The molecule has 2 saturated heterocycles. The number of rotatable bonds is 10. The first kappa shape index (κ1) is 37.4. The fourth-order valence-corrected chi connectivity index (χ4v) is 8.55. The molecule has 57 heavy (non-hydrogen) atoms. The molecule has 0 spiro atoms. The van der Waals surface area contributed by atoms with E-state index in [1.807, 2.05) is 17.5 Å². The van der Waals surface area contributed by atoms with Crippen LogP contribution in [0.2, 0.25) is 0 Å². The van der Waals surface area contributed by atoms with Crippen molar-refractivity contribution in [2.24, 2.45) is 0 Å². The van der Waals surface area contributed by atoms with Gasteiger partial charge in [0.05, 0.1) is 50.1 Å². The van der Waals surface area contributed by atoms with Crippen molar-refractivity contribution in [2.45, 2.75) is 43.8 Å². The molecule has 2 aliphatic rings. The molecule has 6 aromatic rings. The van der Waals surface area contributed by atoms with Gasteiger partial charge in [-0.15, -0.1) is 11.3 Å². The number of H-pyrrole nitrogens is 2. The molecule has 2 fully saturated rings. The monoisotopic (exact) mass is 786 g/mol. The van der Waals surface area contributed by atoms with E-state index in [0.717, 1.165) is 80.8 Å². The predicted molar refractivity (Wildman–Crippen MR) is 215 cm³/mol. The molecule has 292 valence electrons. The van der Waals surface area contributed by atoms with E-state index < -0.39 is 18.2 Å². The summed E-state index contributed by atoms with van der Waals surface area (Å²) in [4.78, 5) is 70.7. The summed E-state index contributed by atoms with van der Waals surface area (Å²) >= 11 is 1.41. The molecule has 3 aromatic carbocycles. The molecule has 4 N–H and O–H groups in total. The van der Waals surface area contributed by atoms with Crippen molar-refractivity contribution in [1.82, 2.24) is 40.4 Å². The van der Waals surface area contributed by atoms with Crippen LogP contribution < -0.4 is 10.6 Å². The fraction of sp³-hybridized carbons (Fsp3) is 0.286. The normalized spacial score (nSPS) is 17.1. The summed E-state index contributed by atoms with van der Waals surface area (Å²) in [6.07, 6.45) is 5.56. The van der Waals surface area contributed by atoms with Gasteiger partial charge in [-0.3, -0.25) is 9.59 Å². The highest BCUT2D eigenvalue weighted by atomic mass is 32.1. The van der Waals surface area contributed by atoms with Crippen LogP contribution in [0.15, 0.2) is 90.6 Å². The van der Waals surface area contributed by atoms with Gasteiger partial charge in [0.2, 0.25) is 5.91 Å². The van der Waals surface area contributed by atoms with E-state index in [2.05, 4.69) is 91.0 Å². The Hall–Kier alpha value is -6.48. The van der Waals surface area contributed by atoms with Crippen LogP contribution in [0.4, 0.5) is 9.59 Å². The molecule has 0 radical (unpaired) electrons. The molecule has 14 nitrogen and oxygen atoms in total. The van der Waals surface area contributed by atoms with Crippen LogP contribution in [-0.2, 0) is 19.1 Å². The van der Waals surface area contributed by atoms with Crippen molar-refractivity contribution in [3.63, 3.8) is 0 Å². The number of nitrogens with one attached hydrogen (secondary N) is 4. The van der Waals surface area contributed by atoms with E-state index in [1.165, 1.54) is 25.6 Å². The smallest absolute Gasteiger partial charge is 0.407 e. The van der Waals surface area contributed by atoms with Crippen molar-refractivity contribution in [3.05, 3.63) is 107 Å². The number of carbonyl (C=O) groups excluding carboxylic acids is 4. The maximum Gasteiger partial charge on any atom is 0.407 e. The summed E-state index contributed by atoms with van der Waals surface area (Å²) in [5.41, 5.74) is 5.85. The lowest BCUT2D eigenvalue weighted by atomic mass is 9.98. The summed E-state index contributed by atoms with van der Waals surface area (Å²) in [7, 11) is 2.55. The Morgan fingerprint density at radius 2 is 1.33 bits per heavy atom. The highest BCUT2D eigenvalue weighted by Gasteiger charge is 2.37. The minimum atomic E-state index is -0.833. The Morgan fingerprint density at radius 1 is 0.754 bits per heavy atom. The molecule has 0 saturated carbocycles. The van der Waals surface area contributed by atoms with Crippen LogP contribution >= 0.6 is 11.3 Å². The standard InChI is InChI=1S/C42H42N8O6S/c1-55-41(53)45-24-36(51)49-17-3-6-33(49)38-44-23-32(47-38)30-16-15-28-20-27(13-14-29(28)21-30)25-9-11-26(12-10-25)31-22-43-39(46-31)34-7-4-18-50(34)40(52)37(48-42(54)56-2)35-8-5-19-57-35/h5,8-16,19-23,33-34,37H,3-4,6-7,17-18,24H2,1-2H3,(H,43,46)(H,44,47)(H,45,53)(H,48,54)/t33-,34-,37+/m0/s1. The Bertz CT molecular complexity index is 2410. The Labute approximate surface area is 332 Å². The number of aromatic amines is 2. The Morgan fingerprint density at radius 3 is 1.98 bits per heavy atom. The van der Waals surface area contributed by atoms with Crippen LogP contribution in [0.5, 0.6) is 0 Å². The maximum absolute atomic E-state index is 13.8.